The maximum atomic E-state index is 3.28. The minimum absolute atomic E-state index is 1.11. The van der Waals surface area contributed by atoms with Crippen LogP contribution in [0.1, 0.15) is 12.5 Å². The highest BCUT2D eigenvalue weighted by Crippen LogP contribution is 2.13. The normalized spacial score (nSPS) is 11.2. The maximum absolute atomic E-state index is 3.28. The van der Waals surface area contributed by atoms with Crippen molar-refractivity contribution < 1.29 is 0 Å². The highest BCUT2D eigenvalue weighted by atomic mass is 14.8. The van der Waals surface area contributed by atoms with E-state index in [2.05, 4.69) is 48.6 Å². The first kappa shape index (κ1) is 10.5. The number of anilines is 1. The molecule has 0 aliphatic rings. The topological polar surface area (TPSA) is 12.0 Å². The molecule has 0 saturated carbocycles. The molecule has 1 nitrogen and oxygen atoms in total. The Labute approximate surface area is 96.4 Å². The van der Waals surface area contributed by atoms with Crippen molar-refractivity contribution in [3.8, 4) is 0 Å². The minimum Gasteiger partial charge on any atom is -0.361 e. The fourth-order valence-corrected chi connectivity index (χ4v) is 1.51. The van der Waals surface area contributed by atoms with Crippen LogP contribution in [0.3, 0.4) is 0 Å². The van der Waals surface area contributed by atoms with Gasteiger partial charge in [-0.05, 0) is 30.2 Å². The molecule has 0 atom stereocenters. The molecule has 2 aromatic carbocycles. The largest absolute Gasteiger partial charge is 0.361 e. The second-order valence-electron chi connectivity index (χ2n) is 3.70. The number of nitrogens with one attached hydrogen (secondary N) is 1. The summed E-state index contributed by atoms with van der Waals surface area (Å²) in [7, 11) is 0. The predicted molar refractivity (Wildman–Crippen MR) is 70.2 cm³/mol. The zero-order valence-electron chi connectivity index (χ0n) is 9.35. The van der Waals surface area contributed by atoms with E-state index in [1.54, 1.807) is 0 Å². The summed E-state index contributed by atoms with van der Waals surface area (Å²) in [5.41, 5.74) is 3.58. The highest BCUT2D eigenvalue weighted by Gasteiger charge is 1.93. The lowest BCUT2D eigenvalue weighted by atomic mass is 10.1. The van der Waals surface area contributed by atoms with Crippen molar-refractivity contribution in [3.05, 3.63) is 72.4 Å². The van der Waals surface area contributed by atoms with E-state index >= 15 is 0 Å². The van der Waals surface area contributed by atoms with E-state index in [0.717, 1.165) is 5.69 Å². The molecular weight excluding hydrogens is 194 g/mol. The molecular formula is C15H15N. The Kier molecular flexibility index (Phi) is 3.39. The highest BCUT2D eigenvalue weighted by molar-refractivity contribution is 5.66. The molecule has 2 rings (SSSR count). The van der Waals surface area contributed by atoms with Crippen LogP contribution in [0, 0.1) is 0 Å². The number of allylic oxidation sites excluding steroid dienone is 1. The zero-order valence-corrected chi connectivity index (χ0v) is 9.35. The van der Waals surface area contributed by atoms with E-state index in [1.165, 1.54) is 11.1 Å². The van der Waals surface area contributed by atoms with Crippen LogP contribution in [0.4, 0.5) is 5.69 Å². The third kappa shape index (κ3) is 2.74. The second kappa shape index (κ2) is 5.17. The van der Waals surface area contributed by atoms with E-state index in [-0.39, 0.29) is 0 Å². The molecule has 0 amide bonds. The molecule has 1 heteroatoms. The van der Waals surface area contributed by atoms with Gasteiger partial charge in [0.05, 0.1) is 0 Å². The van der Waals surface area contributed by atoms with Crippen LogP contribution in [0.15, 0.2) is 66.9 Å². The lowest BCUT2D eigenvalue weighted by Gasteiger charge is -2.03. The summed E-state index contributed by atoms with van der Waals surface area (Å²) in [4.78, 5) is 0. The molecule has 2 aromatic rings. The molecule has 0 saturated heterocycles. The zero-order chi connectivity index (χ0) is 11.2. The Morgan fingerprint density at radius 1 is 0.875 bits per heavy atom. The van der Waals surface area contributed by atoms with E-state index in [4.69, 9.17) is 0 Å². The van der Waals surface area contributed by atoms with Crippen molar-refractivity contribution in [2.45, 2.75) is 6.92 Å². The Bertz CT molecular complexity index is 457. The molecule has 0 bridgehead atoms. The Hall–Kier alpha value is -2.02. The standard InChI is InChI=1S/C15H15N/c1-13(14-8-4-2-5-9-14)12-16-15-10-6-3-7-11-15/h2-12,16H,1H3. The summed E-state index contributed by atoms with van der Waals surface area (Å²) < 4.78 is 0. The van der Waals surface area contributed by atoms with E-state index < -0.39 is 0 Å². The Balaban J connectivity index is 2.09. The molecule has 0 aliphatic heterocycles. The molecule has 0 unspecified atom stereocenters. The first-order valence-electron chi connectivity index (χ1n) is 5.40. The van der Waals surface area contributed by atoms with Gasteiger partial charge in [0.2, 0.25) is 0 Å². The van der Waals surface area contributed by atoms with Crippen LogP contribution in [-0.4, -0.2) is 0 Å². The Morgan fingerprint density at radius 3 is 2.06 bits per heavy atom. The van der Waals surface area contributed by atoms with Gasteiger partial charge in [0.1, 0.15) is 0 Å². The Morgan fingerprint density at radius 2 is 1.44 bits per heavy atom. The van der Waals surface area contributed by atoms with Crippen molar-refractivity contribution in [3.63, 3.8) is 0 Å². The summed E-state index contributed by atoms with van der Waals surface area (Å²) in [6.45, 7) is 2.10. The quantitative estimate of drug-likeness (QED) is 0.800. The van der Waals surface area contributed by atoms with Crippen LogP contribution in [-0.2, 0) is 0 Å². The van der Waals surface area contributed by atoms with Crippen LogP contribution in [0.2, 0.25) is 0 Å². The van der Waals surface area contributed by atoms with Gasteiger partial charge >= 0.3 is 0 Å². The van der Waals surface area contributed by atoms with Gasteiger partial charge < -0.3 is 5.32 Å². The van der Waals surface area contributed by atoms with Crippen LogP contribution in [0.25, 0.3) is 5.57 Å². The molecule has 0 radical (unpaired) electrons. The summed E-state index contributed by atoms with van der Waals surface area (Å²) >= 11 is 0. The summed E-state index contributed by atoms with van der Waals surface area (Å²) in [5.74, 6) is 0. The fourth-order valence-electron chi connectivity index (χ4n) is 1.51. The molecule has 16 heavy (non-hydrogen) atoms. The van der Waals surface area contributed by atoms with Crippen molar-refractivity contribution >= 4 is 11.3 Å². The SMILES string of the molecule is CC(=CNc1ccccc1)c1ccccc1. The van der Waals surface area contributed by atoms with Gasteiger partial charge in [-0.2, -0.15) is 0 Å². The van der Waals surface area contributed by atoms with E-state index in [1.807, 2.05) is 30.5 Å². The molecule has 0 aromatic heterocycles. The van der Waals surface area contributed by atoms with Crippen LogP contribution >= 0.6 is 0 Å². The number of hydrogen-bond acceptors (Lipinski definition) is 1. The number of benzene rings is 2. The third-order valence-electron chi connectivity index (χ3n) is 2.46. The molecule has 1 N–H and O–H groups in total. The molecule has 0 aliphatic carbocycles. The first-order valence-corrected chi connectivity index (χ1v) is 5.40. The first-order chi connectivity index (χ1) is 7.86. The third-order valence-corrected chi connectivity index (χ3v) is 2.46. The second-order valence-corrected chi connectivity index (χ2v) is 3.70. The van der Waals surface area contributed by atoms with Gasteiger partial charge in [-0.15, -0.1) is 0 Å². The van der Waals surface area contributed by atoms with Crippen molar-refractivity contribution in [2.24, 2.45) is 0 Å². The minimum atomic E-state index is 1.11. The van der Waals surface area contributed by atoms with Crippen LogP contribution < -0.4 is 5.32 Å². The summed E-state index contributed by atoms with van der Waals surface area (Å²) in [6.07, 6.45) is 2.03. The molecule has 80 valence electrons. The van der Waals surface area contributed by atoms with Gasteiger partial charge in [0.15, 0.2) is 0 Å². The van der Waals surface area contributed by atoms with E-state index in [0.29, 0.717) is 0 Å². The molecule has 0 fully saturated rings. The van der Waals surface area contributed by atoms with E-state index in [9.17, 15) is 0 Å². The molecule has 0 heterocycles. The molecule has 0 spiro atoms. The van der Waals surface area contributed by atoms with Crippen molar-refractivity contribution in [2.75, 3.05) is 5.32 Å². The summed E-state index contributed by atoms with van der Waals surface area (Å²) in [6, 6.07) is 20.5. The average Bonchev–Trinajstić information content (AvgIpc) is 2.38. The van der Waals surface area contributed by atoms with Gasteiger partial charge in [0.25, 0.3) is 0 Å². The monoisotopic (exact) mass is 209 g/mol. The fraction of sp³-hybridized carbons (Fsp3) is 0.0667. The number of rotatable bonds is 3. The smallest absolute Gasteiger partial charge is 0.0379 e. The van der Waals surface area contributed by atoms with Gasteiger partial charge in [0, 0.05) is 11.9 Å². The summed E-state index contributed by atoms with van der Waals surface area (Å²) in [5, 5.41) is 3.28. The predicted octanol–water partition coefficient (Wildman–Crippen LogP) is 4.16. The maximum Gasteiger partial charge on any atom is 0.0379 e. The lowest BCUT2D eigenvalue weighted by Crippen LogP contribution is -1.89. The average molecular weight is 209 g/mol. The number of para-hydroxylation sites is 1. The number of hydrogen-bond donors (Lipinski definition) is 1. The lowest BCUT2D eigenvalue weighted by molar-refractivity contribution is 1.52. The van der Waals surface area contributed by atoms with Gasteiger partial charge in [-0.25, -0.2) is 0 Å². The van der Waals surface area contributed by atoms with Gasteiger partial charge in [-0.1, -0.05) is 48.5 Å². The van der Waals surface area contributed by atoms with Crippen molar-refractivity contribution in [1.82, 2.24) is 0 Å². The van der Waals surface area contributed by atoms with Crippen molar-refractivity contribution in [1.29, 1.82) is 0 Å². The van der Waals surface area contributed by atoms with Gasteiger partial charge in [-0.3, -0.25) is 0 Å². The van der Waals surface area contributed by atoms with Crippen LogP contribution in [0.5, 0.6) is 0 Å².